The first-order valence-electron chi connectivity index (χ1n) is 38.1. The molecule has 0 heterocycles. The van der Waals surface area contributed by atoms with Crippen LogP contribution in [0.4, 0.5) is 0 Å². The molecule has 2 aromatic rings. The van der Waals surface area contributed by atoms with Crippen LogP contribution < -0.4 is 9.47 Å². The highest BCUT2D eigenvalue weighted by molar-refractivity contribution is 5.77. The minimum Gasteiger partial charge on any atom is -0.464 e. The van der Waals surface area contributed by atoms with Crippen LogP contribution in [0.3, 0.4) is 0 Å². The van der Waals surface area contributed by atoms with E-state index in [0.717, 1.165) is 92.5 Å². The Bertz CT molecular complexity index is 2590. The number of carbonyl (C=O) groups excluding carboxylic acids is 3. The molecule has 10 heteroatoms. The number of hydrogen-bond acceptors (Lipinski definition) is 10. The standard InChI is InChI=1S/C22H32O2.C17H28O2.C16H26O2.C15H28O2.C14H26O2/c1-4-15(2)19-5-7-20(8-6-19)24-21(23-3)22-12-16-9-17(13-22)11-18(10-16)14-22;1-5-16(2,3)15(18)19-17(4)13-7-11-6-12(9-13)10-14(17)8-11;1-7-12(2)13-8-10-14(11-9-13)18-15(17-6)16(3,4)5;1-7-14(5,6)12(16)17-15(13(2,3)4)10-8-9-11-15;1-6-13(4,5)12(15)16-14(11(2)3)9-7-8-10-14/h5-8,15-18,21H,4,9-14H2,1-3H3;11-14H,5-10H2,1-4H3;8-12,15H,7H2,1-6H3;7-11H2,1-6H3;11H,6-10H2,1-5H3. The monoisotopic (exact) mass is 1310 g/mol. The Labute approximate surface area is 575 Å². The zero-order valence-corrected chi connectivity index (χ0v) is 64.6. The fourth-order valence-electron chi connectivity index (χ4n) is 17.4. The van der Waals surface area contributed by atoms with E-state index in [0.29, 0.717) is 29.6 Å². The Hall–Kier alpha value is -3.63. The molecule has 10 aliphatic rings. The molecule has 4 atom stereocenters. The van der Waals surface area contributed by atoms with Gasteiger partial charge in [-0.3, -0.25) is 14.4 Å². The molecule has 10 nitrogen and oxygen atoms in total. The van der Waals surface area contributed by atoms with Crippen molar-refractivity contribution in [2.75, 3.05) is 14.2 Å². The Morgan fingerprint density at radius 1 is 0.468 bits per heavy atom. The normalized spacial score (nSPS) is 28.3. The molecule has 0 aliphatic heterocycles. The first-order chi connectivity index (χ1) is 43.8. The van der Waals surface area contributed by atoms with Crippen molar-refractivity contribution in [3.63, 3.8) is 0 Å². The number of esters is 3. The maximum absolute atomic E-state index is 12.5. The molecule has 2 aromatic carbocycles. The molecular weight excluding hydrogens is 1170 g/mol. The number of hydrogen-bond donors (Lipinski definition) is 0. The topological polar surface area (TPSA) is 116 Å². The van der Waals surface area contributed by atoms with Crippen LogP contribution in [0, 0.1) is 79.8 Å². The molecule has 536 valence electrons. The predicted molar refractivity (Wildman–Crippen MR) is 386 cm³/mol. The summed E-state index contributed by atoms with van der Waals surface area (Å²) in [4.78, 5) is 36.9. The van der Waals surface area contributed by atoms with E-state index < -0.39 is 0 Å². The quantitative estimate of drug-likeness (QED) is 0.0680. The fourth-order valence-corrected chi connectivity index (χ4v) is 17.4. The van der Waals surface area contributed by atoms with Gasteiger partial charge < -0.3 is 33.2 Å². The summed E-state index contributed by atoms with van der Waals surface area (Å²) in [5.74, 6) is 9.29. The van der Waals surface area contributed by atoms with Gasteiger partial charge in [-0.2, -0.15) is 0 Å². The molecule has 94 heavy (non-hydrogen) atoms. The number of ether oxygens (including phenoxy) is 7. The molecule has 4 unspecified atom stereocenters. The molecule has 10 saturated carbocycles. The lowest BCUT2D eigenvalue weighted by atomic mass is 9.49. The van der Waals surface area contributed by atoms with E-state index in [1.54, 1.807) is 7.11 Å². The summed E-state index contributed by atoms with van der Waals surface area (Å²) >= 11 is 0. The van der Waals surface area contributed by atoms with E-state index in [4.69, 9.17) is 33.2 Å². The second kappa shape index (κ2) is 32.6. The maximum atomic E-state index is 12.5. The Morgan fingerprint density at radius 2 is 0.830 bits per heavy atom. The maximum Gasteiger partial charge on any atom is 0.312 e. The van der Waals surface area contributed by atoms with Gasteiger partial charge in [-0.1, -0.05) is 128 Å². The largest absolute Gasteiger partial charge is 0.464 e. The van der Waals surface area contributed by atoms with Crippen LogP contribution in [-0.2, 0) is 38.1 Å². The van der Waals surface area contributed by atoms with Gasteiger partial charge in [0, 0.05) is 30.5 Å². The van der Waals surface area contributed by atoms with E-state index in [-0.39, 0.29) is 79.8 Å². The van der Waals surface area contributed by atoms with E-state index in [1.807, 2.05) is 74.6 Å². The number of rotatable bonds is 21. The van der Waals surface area contributed by atoms with E-state index in [1.165, 1.54) is 114 Å². The Morgan fingerprint density at radius 3 is 1.17 bits per heavy atom. The Balaban J connectivity index is 0.000000188. The van der Waals surface area contributed by atoms with Crippen LogP contribution in [0.2, 0.25) is 0 Å². The smallest absolute Gasteiger partial charge is 0.312 e. The fraction of sp³-hybridized carbons (Fsp3) is 0.821. The van der Waals surface area contributed by atoms with Gasteiger partial charge in [-0.05, 0) is 297 Å². The third-order valence-corrected chi connectivity index (χ3v) is 25.6. The van der Waals surface area contributed by atoms with Crippen LogP contribution in [0.1, 0.15) is 329 Å². The zero-order valence-electron chi connectivity index (χ0n) is 64.6. The molecule has 0 spiro atoms. The third kappa shape index (κ3) is 19.4. The first-order valence-corrected chi connectivity index (χ1v) is 38.1. The third-order valence-electron chi connectivity index (χ3n) is 25.6. The van der Waals surface area contributed by atoms with Gasteiger partial charge in [-0.15, -0.1) is 0 Å². The minimum atomic E-state index is -0.360. The van der Waals surface area contributed by atoms with Gasteiger partial charge in [0.25, 0.3) is 0 Å². The lowest BCUT2D eigenvalue weighted by Gasteiger charge is -2.59. The summed E-state index contributed by atoms with van der Waals surface area (Å²) in [5.41, 5.74) is 1.38. The molecule has 8 bridgehead atoms. The van der Waals surface area contributed by atoms with Gasteiger partial charge in [0.1, 0.15) is 28.3 Å². The first kappa shape index (κ1) is 79.4. The van der Waals surface area contributed by atoms with E-state index in [9.17, 15) is 14.4 Å². The summed E-state index contributed by atoms with van der Waals surface area (Å²) in [6.07, 6.45) is 28.3. The molecule has 0 radical (unpaired) electrons. The van der Waals surface area contributed by atoms with Crippen molar-refractivity contribution >= 4 is 17.9 Å². The second-order valence-electron chi connectivity index (χ2n) is 36.0. The van der Waals surface area contributed by atoms with Crippen LogP contribution >= 0.6 is 0 Å². The van der Waals surface area contributed by atoms with Gasteiger partial charge >= 0.3 is 17.9 Å². The van der Waals surface area contributed by atoms with Crippen molar-refractivity contribution in [2.45, 2.75) is 348 Å². The number of carbonyl (C=O) groups is 3. The summed E-state index contributed by atoms with van der Waals surface area (Å²) in [7, 11) is 3.51. The molecule has 0 aromatic heterocycles. The van der Waals surface area contributed by atoms with Crippen molar-refractivity contribution in [2.24, 2.45) is 79.8 Å². The lowest BCUT2D eigenvalue weighted by molar-refractivity contribution is -0.211. The molecule has 0 amide bonds. The van der Waals surface area contributed by atoms with Gasteiger partial charge in [-0.25, -0.2) is 0 Å². The minimum absolute atomic E-state index is 0.0185. The SMILES string of the molecule is CCC(C)(C)C(=O)OC1(C(C)(C)C)CCCC1.CCC(C)(C)C(=O)OC1(C(C)C)CCCC1.CCC(C)(C)C(=O)OC1(C)C2CC3CC(C2)CC1C3.CCC(C)c1ccc(OC(OC)C(C)(C)C)cc1.CCC(C)c1ccc(OC(OC)C23CC4CC(CC(C4)C2)C3)cc1. The van der Waals surface area contributed by atoms with E-state index in [2.05, 4.69) is 133 Å². The van der Waals surface area contributed by atoms with E-state index >= 15 is 0 Å². The molecule has 0 saturated heterocycles. The van der Waals surface area contributed by atoms with Crippen molar-refractivity contribution in [3.8, 4) is 11.5 Å². The summed E-state index contributed by atoms with van der Waals surface area (Å²) in [6, 6.07) is 17.0. The average molecular weight is 1310 g/mol. The highest BCUT2D eigenvalue weighted by Gasteiger charge is 2.59. The van der Waals surface area contributed by atoms with Crippen LogP contribution in [0.5, 0.6) is 11.5 Å². The van der Waals surface area contributed by atoms with Crippen molar-refractivity contribution in [3.05, 3.63) is 59.7 Å². The highest BCUT2D eigenvalue weighted by Crippen LogP contribution is 2.63. The molecular formula is C84H140O10. The van der Waals surface area contributed by atoms with Crippen LogP contribution in [0.25, 0.3) is 0 Å². The summed E-state index contributed by atoms with van der Waals surface area (Å²) in [5, 5.41) is 0. The number of methoxy groups -OCH3 is 2. The molecule has 12 rings (SSSR count). The van der Waals surface area contributed by atoms with Gasteiger partial charge in [0.05, 0.1) is 16.2 Å². The molecule has 10 aliphatic carbocycles. The van der Waals surface area contributed by atoms with Crippen LogP contribution in [-0.4, -0.2) is 61.5 Å². The lowest BCUT2D eigenvalue weighted by Crippen LogP contribution is -2.58. The van der Waals surface area contributed by atoms with Crippen molar-refractivity contribution < 1.29 is 47.5 Å². The summed E-state index contributed by atoms with van der Waals surface area (Å²) < 4.78 is 41.6. The Kier molecular flexibility index (Phi) is 27.5. The predicted octanol–water partition coefficient (Wildman–Crippen LogP) is 22.8. The van der Waals surface area contributed by atoms with Crippen molar-refractivity contribution in [1.29, 1.82) is 0 Å². The molecule has 0 N–H and O–H groups in total. The van der Waals surface area contributed by atoms with Gasteiger partial charge in [0.2, 0.25) is 12.6 Å². The molecule has 10 fully saturated rings. The van der Waals surface area contributed by atoms with Crippen LogP contribution in [0.15, 0.2) is 48.5 Å². The van der Waals surface area contributed by atoms with Gasteiger partial charge in [0.15, 0.2) is 0 Å². The van der Waals surface area contributed by atoms with Crippen molar-refractivity contribution in [1.82, 2.24) is 0 Å². The zero-order chi connectivity index (χ0) is 70.0. The second-order valence-corrected chi connectivity index (χ2v) is 36.0. The number of benzene rings is 2. The highest BCUT2D eigenvalue weighted by atomic mass is 16.7. The summed E-state index contributed by atoms with van der Waals surface area (Å²) in [6.45, 7) is 46.4. The average Bonchev–Trinajstić information content (AvgIpc) is 0.999.